The normalized spacial score (nSPS) is 14.8. The molecule has 2 N–H and O–H groups in total. The van der Waals surface area contributed by atoms with E-state index in [1.165, 1.54) is 0 Å². The summed E-state index contributed by atoms with van der Waals surface area (Å²) >= 11 is 0. The summed E-state index contributed by atoms with van der Waals surface area (Å²) in [4.78, 5) is 0.342. The molecule has 0 aliphatic rings. The number of hydrogen-bond acceptors (Lipinski definition) is 3. The van der Waals surface area contributed by atoms with Crippen molar-refractivity contribution in [1.82, 2.24) is 0 Å². The number of benzene rings is 1. The molecule has 0 unspecified atom stereocenters. The summed E-state index contributed by atoms with van der Waals surface area (Å²) in [6.07, 6.45) is 0. The van der Waals surface area contributed by atoms with Crippen LogP contribution in [0.3, 0.4) is 0 Å². The minimum Gasteiger partial charge on any atom is -0.326 e. The lowest BCUT2D eigenvalue weighted by Gasteiger charge is -2.26. The molecule has 1 rings (SSSR count). The van der Waals surface area contributed by atoms with Crippen LogP contribution in [0.25, 0.3) is 0 Å². The molecule has 0 saturated carbocycles. The predicted molar refractivity (Wildman–Crippen MR) is 65.9 cm³/mol. The van der Waals surface area contributed by atoms with E-state index < -0.39 is 9.84 Å². The topological polar surface area (TPSA) is 60.2 Å². The zero-order valence-corrected chi connectivity index (χ0v) is 10.8. The molecule has 16 heavy (non-hydrogen) atoms. The Labute approximate surface area is 97.6 Å². The largest absolute Gasteiger partial charge is 0.326 e. The molecule has 0 fully saturated rings. The van der Waals surface area contributed by atoms with Crippen LogP contribution in [-0.2, 0) is 9.84 Å². The average molecular weight is 241 g/mol. The first-order valence-corrected chi connectivity index (χ1v) is 6.92. The van der Waals surface area contributed by atoms with Crippen LogP contribution in [0.15, 0.2) is 35.2 Å². The van der Waals surface area contributed by atoms with Gasteiger partial charge < -0.3 is 5.73 Å². The summed E-state index contributed by atoms with van der Waals surface area (Å²) < 4.78 is 24.0. The Bertz CT molecular complexity index is 432. The van der Waals surface area contributed by atoms with Crippen LogP contribution < -0.4 is 5.73 Å². The minimum absolute atomic E-state index is 0.0134. The van der Waals surface area contributed by atoms with Gasteiger partial charge in [0.25, 0.3) is 0 Å². The number of hydrogen-bond donors (Lipinski definition) is 1. The van der Waals surface area contributed by atoms with E-state index in [4.69, 9.17) is 5.73 Å². The van der Waals surface area contributed by atoms with E-state index >= 15 is 0 Å². The van der Waals surface area contributed by atoms with Crippen LogP contribution in [0, 0.1) is 5.41 Å². The number of sulfone groups is 1. The maximum Gasteiger partial charge on any atom is 0.179 e. The predicted octanol–water partition coefficient (Wildman–Crippen LogP) is 1.83. The number of nitrogens with two attached hydrogens (primary N) is 1. The van der Waals surface area contributed by atoms with Crippen molar-refractivity contribution in [3.63, 3.8) is 0 Å². The molecule has 1 aromatic carbocycles. The van der Waals surface area contributed by atoms with Gasteiger partial charge in [-0.1, -0.05) is 39.0 Å². The lowest BCUT2D eigenvalue weighted by Crippen LogP contribution is -2.40. The van der Waals surface area contributed by atoms with Gasteiger partial charge in [0.15, 0.2) is 9.84 Å². The lowest BCUT2D eigenvalue weighted by molar-refractivity contribution is 0.340. The Balaban J connectivity index is 2.90. The molecule has 0 heterocycles. The van der Waals surface area contributed by atoms with Crippen molar-refractivity contribution < 1.29 is 8.42 Å². The minimum atomic E-state index is -3.27. The highest BCUT2D eigenvalue weighted by molar-refractivity contribution is 7.91. The van der Waals surface area contributed by atoms with Crippen molar-refractivity contribution in [1.29, 1.82) is 0 Å². The van der Waals surface area contributed by atoms with Crippen molar-refractivity contribution in [3.05, 3.63) is 30.3 Å². The molecule has 4 heteroatoms. The maximum absolute atomic E-state index is 12.0. The standard InChI is InChI=1S/C12H19NO2S/c1-12(2,3)11(13)9-16(14,15)10-7-5-4-6-8-10/h4-8,11H,9,13H2,1-3H3/t11-/m1/s1. The van der Waals surface area contributed by atoms with Gasteiger partial charge >= 0.3 is 0 Å². The molecule has 3 nitrogen and oxygen atoms in total. The maximum atomic E-state index is 12.0. The zero-order valence-electron chi connectivity index (χ0n) is 9.97. The van der Waals surface area contributed by atoms with Gasteiger partial charge in [0.2, 0.25) is 0 Å². The SMILES string of the molecule is CC(C)(C)[C@H](N)CS(=O)(=O)c1ccccc1. The van der Waals surface area contributed by atoms with Crippen molar-refractivity contribution in [3.8, 4) is 0 Å². The Morgan fingerprint density at radius 1 is 1.19 bits per heavy atom. The molecule has 1 aromatic rings. The third-order valence-electron chi connectivity index (χ3n) is 2.61. The summed E-state index contributed by atoms with van der Waals surface area (Å²) in [6.45, 7) is 5.83. The molecular formula is C12H19NO2S. The van der Waals surface area contributed by atoms with E-state index in [-0.39, 0.29) is 17.2 Å². The van der Waals surface area contributed by atoms with Crippen LogP contribution in [-0.4, -0.2) is 20.2 Å². The molecule has 0 amide bonds. The van der Waals surface area contributed by atoms with Crippen molar-refractivity contribution in [2.45, 2.75) is 31.7 Å². The highest BCUT2D eigenvalue weighted by atomic mass is 32.2. The average Bonchev–Trinajstić information content (AvgIpc) is 2.17. The van der Waals surface area contributed by atoms with Crippen LogP contribution in [0.1, 0.15) is 20.8 Å². The molecule has 0 aliphatic heterocycles. The smallest absolute Gasteiger partial charge is 0.179 e. The van der Waals surface area contributed by atoms with E-state index in [0.717, 1.165) is 0 Å². The molecule has 90 valence electrons. The van der Waals surface area contributed by atoms with Gasteiger partial charge in [-0.05, 0) is 17.5 Å². The van der Waals surface area contributed by atoms with Crippen LogP contribution in [0.4, 0.5) is 0 Å². The van der Waals surface area contributed by atoms with Gasteiger partial charge in [-0.15, -0.1) is 0 Å². The lowest BCUT2D eigenvalue weighted by atomic mass is 9.89. The second kappa shape index (κ2) is 4.55. The fraction of sp³-hybridized carbons (Fsp3) is 0.500. The Hall–Kier alpha value is -0.870. The van der Waals surface area contributed by atoms with E-state index in [2.05, 4.69) is 0 Å². The molecule has 0 spiro atoms. The Morgan fingerprint density at radius 2 is 1.69 bits per heavy atom. The third kappa shape index (κ3) is 3.32. The molecule has 0 radical (unpaired) electrons. The summed E-state index contributed by atoms with van der Waals surface area (Å²) in [6, 6.07) is 8.07. The molecule has 0 aliphatic carbocycles. The first kappa shape index (κ1) is 13.2. The Morgan fingerprint density at radius 3 is 2.12 bits per heavy atom. The summed E-state index contributed by atoms with van der Waals surface area (Å²) in [5.74, 6) is -0.0134. The molecule has 0 bridgehead atoms. The Kier molecular flexibility index (Phi) is 3.76. The zero-order chi connectivity index (χ0) is 12.4. The van der Waals surface area contributed by atoms with Crippen molar-refractivity contribution >= 4 is 9.84 Å². The summed E-state index contributed by atoms with van der Waals surface area (Å²) in [5, 5.41) is 0. The van der Waals surface area contributed by atoms with Gasteiger partial charge in [-0.3, -0.25) is 0 Å². The number of rotatable bonds is 3. The van der Waals surface area contributed by atoms with E-state index in [9.17, 15) is 8.42 Å². The molecule has 1 atom stereocenters. The van der Waals surface area contributed by atoms with Gasteiger partial charge in [-0.2, -0.15) is 0 Å². The van der Waals surface area contributed by atoms with Crippen LogP contribution >= 0.6 is 0 Å². The monoisotopic (exact) mass is 241 g/mol. The molecular weight excluding hydrogens is 222 g/mol. The third-order valence-corrected chi connectivity index (χ3v) is 4.40. The van der Waals surface area contributed by atoms with Gasteiger partial charge in [0.05, 0.1) is 10.6 Å². The fourth-order valence-electron chi connectivity index (χ4n) is 1.21. The highest BCUT2D eigenvalue weighted by Gasteiger charge is 2.27. The molecule has 0 saturated heterocycles. The first-order chi connectivity index (χ1) is 7.23. The molecule has 0 aromatic heterocycles. The van der Waals surface area contributed by atoms with Crippen molar-refractivity contribution in [2.75, 3.05) is 5.75 Å². The van der Waals surface area contributed by atoms with Gasteiger partial charge in [-0.25, -0.2) is 8.42 Å². The van der Waals surface area contributed by atoms with Crippen LogP contribution in [0.2, 0.25) is 0 Å². The summed E-state index contributed by atoms with van der Waals surface area (Å²) in [5.41, 5.74) is 5.69. The second-order valence-corrected chi connectivity index (χ2v) is 7.10. The fourth-order valence-corrected chi connectivity index (χ4v) is 2.95. The van der Waals surface area contributed by atoms with E-state index in [1.54, 1.807) is 30.3 Å². The highest BCUT2D eigenvalue weighted by Crippen LogP contribution is 2.21. The summed E-state index contributed by atoms with van der Waals surface area (Å²) in [7, 11) is -3.27. The van der Waals surface area contributed by atoms with Crippen molar-refractivity contribution in [2.24, 2.45) is 11.1 Å². The quantitative estimate of drug-likeness (QED) is 0.878. The van der Waals surface area contributed by atoms with E-state index in [0.29, 0.717) is 4.90 Å². The second-order valence-electron chi connectivity index (χ2n) is 5.07. The van der Waals surface area contributed by atoms with E-state index in [1.807, 2.05) is 20.8 Å². The van der Waals surface area contributed by atoms with Crippen LogP contribution in [0.5, 0.6) is 0 Å². The van der Waals surface area contributed by atoms with Gasteiger partial charge in [0.1, 0.15) is 0 Å². The van der Waals surface area contributed by atoms with Gasteiger partial charge in [0, 0.05) is 6.04 Å². The first-order valence-electron chi connectivity index (χ1n) is 5.27.